The zero-order valence-electron chi connectivity index (χ0n) is 12.5. The van der Waals surface area contributed by atoms with E-state index < -0.39 is 12.2 Å². The molecule has 0 fully saturated rings. The number of hydrogen-bond donors (Lipinski definition) is 2. The predicted molar refractivity (Wildman–Crippen MR) is 84.2 cm³/mol. The Balaban J connectivity index is 1.81. The summed E-state index contributed by atoms with van der Waals surface area (Å²) in [5.41, 5.74) is 2.07. The van der Waals surface area contributed by atoms with Crippen molar-refractivity contribution < 1.29 is 19.7 Å². The average molecular weight is 302 g/mol. The topological polar surface area (TPSA) is 58.9 Å². The first-order valence-electron chi connectivity index (χ1n) is 7.35. The van der Waals surface area contributed by atoms with Gasteiger partial charge in [0, 0.05) is 0 Å². The van der Waals surface area contributed by atoms with E-state index in [0.717, 1.165) is 11.1 Å². The fourth-order valence-corrected chi connectivity index (χ4v) is 2.03. The molecule has 0 aliphatic carbocycles. The SMILES string of the molecule is OCC(O)C(COCc1ccccc1)OCc1ccccc1. The summed E-state index contributed by atoms with van der Waals surface area (Å²) in [6.07, 6.45) is -1.52. The van der Waals surface area contributed by atoms with Gasteiger partial charge in [-0.15, -0.1) is 0 Å². The lowest BCUT2D eigenvalue weighted by molar-refractivity contribution is -0.102. The quantitative estimate of drug-likeness (QED) is 0.745. The largest absolute Gasteiger partial charge is 0.394 e. The first-order valence-corrected chi connectivity index (χ1v) is 7.35. The van der Waals surface area contributed by atoms with E-state index >= 15 is 0 Å². The maximum atomic E-state index is 9.84. The molecule has 0 radical (unpaired) electrons. The normalized spacial score (nSPS) is 13.7. The molecule has 0 aromatic heterocycles. The highest BCUT2D eigenvalue weighted by Gasteiger charge is 2.19. The van der Waals surface area contributed by atoms with Gasteiger partial charge in [-0.3, -0.25) is 0 Å². The molecule has 2 aromatic rings. The van der Waals surface area contributed by atoms with Crippen LogP contribution in [0.5, 0.6) is 0 Å². The van der Waals surface area contributed by atoms with Crippen molar-refractivity contribution in [2.45, 2.75) is 25.4 Å². The zero-order chi connectivity index (χ0) is 15.6. The van der Waals surface area contributed by atoms with Crippen molar-refractivity contribution in [2.24, 2.45) is 0 Å². The van der Waals surface area contributed by atoms with E-state index in [9.17, 15) is 5.11 Å². The summed E-state index contributed by atoms with van der Waals surface area (Å²) in [4.78, 5) is 0. The van der Waals surface area contributed by atoms with E-state index in [1.807, 2.05) is 60.7 Å². The maximum absolute atomic E-state index is 9.84. The molecule has 2 atom stereocenters. The highest BCUT2D eigenvalue weighted by molar-refractivity contribution is 5.14. The smallest absolute Gasteiger partial charge is 0.109 e. The van der Waals surface area contributed by atoms with Crippen LogP contribution in [0.25, 0.3) is 0 Å². The molecule has 0 saturated carbocycles. The van der Waals surface area contributed by atoms with Gasteiger partial charge in [-0.05, 0) is 11.1 Å². The van der Waals surface area contributed by atoms with Crippen LogP contribution in [0.3, 0.4) is 0 Å². The van der Waals surface area contributed by atoms with Gasteiger partial charge >= 0.3 is 0 Å². The highest BCUT2D eigenvalue weighted by Crippen LogP contribution is 2.09. The Kier molecular flexibility index (Phi) is 7.06. The average Bonchev–Trinajstić information content (AvgIpc) is 2.59. The standard InChI is InChI=1S/C18H22O4/c19-11-17(20)18(22-13-16-9-5-2-6-10-16)14-21-12-15-7-3-1-4-8-15/h1-10,17-20H,11-14H2. The molecule has 0 aliphatic rings. The Labute approximate surface area is 130 Å². The molecular formula is C18H22O4. The number of hydrogen-bond acceptors (Lipinski definition) is 4. The summed E-state index contributed by atoms with van der Waals surface area (Å²) in [5, 5.41) is 19.0. The van der Waals surface area contributed by atoms with Crippen molar-refractivity contribution in [3.63, 3.8) is 0 Å². The predicted octanol–water partition coefficient (Wildman–Crippen LogP) is 2.14. The van der Waals surface area contributed by atoms with Gasteiger partial charge in [-0.25, -0.2) is 0 Å². The van der Waals surface area contributed by atoms with Gasteiger partial charge in [-0.1, -0.05) is 60.7 Å². The molecule has 0 heterocycles. The van der Waals surface area contributed by atoms with Gasteiger partial charge < -0.3 is 19.7 Å². The lowest BCUT2D eigenvalue weighted by Crippen LogP contribution is -2.36. The summed E-state index contributed by atoms with van der Waals surface area (Å²) < 4.78 is 11.3. The van der Waals surface area contributed by atoms with Crippen molar-refractivity contribution in [1.82, 2.24) is 0 Å². The van der Waals surface area contributed by atoms with Crippen LogP contribution in [-0.4, -0.2) is 35.6 Å². The van der Waals surface area contributed by atoms with E-state index in [-0.39, 0.29) is 13.2 Å². The Hall–Kier alpha value is -1.72. The van der Waals surface area contributed by atoms with Gasteiger partial charge in [0.25, 0.3) is 0 Å². The van der Waals surface area contributed by atoms with Crippen LogP contribution >= 0.6 is 0 Å². The molecule has 0 aliphatic heterocycles. The zero-order valence-corrected chi connectivity index (χ0v) is 12.5. The molecule has 0 bridgehead atoms. The molecular weight excluding hydrogens is 280 g/mol. The monoisotopic (exact) mass is 302 g/mol. The molecule has 0 amide bonds. The molecule has 2 aromatic carbocycles. The number of benzene rings is 2. The number of ether oxygens (including phenoxy) is 2. The van der Waals surface area contributed by atoms with E-state index in [2.05, 4.69) is 0 Å². The Morgan fingerprint density at radius 1 is 0.818 bits per heavy atom. The van der Waals surface area contributed by atoms with Crippen molar-refractivity contribution in [1.29, 1.82) is 0 Å². The minimum absolute atomic E-state index is 0.226. The Bertz CT molecular complexity index is 515. The van der Waals surface area contributed by atoms with Crippen molar-refractivity contribution in [3.05, 3.63) is 71.8 Å². The second kappa shape index (κ2) is 9.33. The second-order valence-electron chi connectivity index (χ2n) is 5.09. The minimum atomic E-state index is -0.959. The van der Waals surface area contributed by atoms with Gasteiger partial charge in [0.15, 0.2) is 0 Å². The summed E-state index contributed by atoms with van der Waals surface area (Å²) in [5.74, 6) is 0. The Morgan fingerprint density at radius 3 is 1.91 bits per heavy atom. The lowest BCUT2D eigenvalue weighted by Gasteiger charge is -2.22. The third-order valence-electron chi connectivity index (χ3n) is 3.32. The van der Waals surface area contributed by atoms with Crippen LogP contribution in [-0.2, 0) is 22.7 Å². The summed E-state index contributed by atoms with van der Waals surface area (Å²) >= 11 is 0. The maximum Gasteiger partial charge on any atom is 0.109 e. The summed E-state index contributed by atoms with van der Waals surface area (Å²) in [6, 6.07) is 19.5. The first-order chi connectivity index (χ1) is 10.8. The van der Waals surface area contributed by atoms with Gasteiger partial charge in [0.2, 0.25) is 0 Å². The molecule has 22 heavy (non-hydrogen) atoms. The molecule has 2 unspecified atom stereocenters. The lowest BCUT2D eigenvalue weighted by atomic mass is 10.2. The molecule has 0 saturated heterocycles. The number of aliphatic hydroxyl groups excluding tert-OH is 2. The van der Waals surface area contributed by atoms with Gasteiger partial charge in [0.05, 0.1) is 26.4 Å². The van der Waals surface area contributed by atoms with Crippen LogP contribution in [0, 0.1) is 0 Å². The second-order valence-corrected chi connectivity index (χ2v) is 5.09. The van der Waals surface area contributed by atoms with Gasteiger partial charge in [-0.2, -0.15) is 0 Å². The molecule has 2 rings (SSSR count). The molecule has 118 valence electrons. The minimum Gasteiger partial charge on any atom is -0.394 e. The number of rotatable bonds is 9. The highest BCUT2D eigenvalue weighted by atomic mass is 16.5. The Morgan fingerprint density at radius 2 is 1.36 bits per heavy atom. The van der Waals surface area contributed by atoms with Gasteiger partial charge in [0.1, 0.15) is 12.2 Å². The number of aliphatic hydroxyl groups is 2. The fraction of sp³-hybridized carbons (Fsp3) is 0.333. The van der Waals surface area contributed by atoms with Crippen molar-refractivity contribution in [3.8, 4) is 0 Å². The van der Waals surface area contributed by atoms with E-state index in [4.69, 9.17) is 14.6 Å². The fourth-order valence-electron chi connectivity index (χ4n) is 2.03. The van der Waals surface area contributed by atoms with Crippen molar-refractivity contribution in [2.75, 3.05) is 13.2 Å². The van der Waals surface area contributed by atoms with Crippen molar-refractivity contribution >= 4 is 0 Å². The molecule has 4 heteroatoms. The third-order valence-corrected chi connectivity index (χ3v) is 3.32. The molecule has 0 spiro atoms. The molecule has 4 nitrogen and oxygen atoms in total. The van der Waals surface area contributed by atoms with E-state index in [1.165, 1.54) is 0 Å². The van der Waals surface area contributed by atoms with E-state index in [1.54, 1.807) is 0 Å². The van der Waals surface area contributed by atoms with Crippen LogP contribution < -0.4 is 0 Å². The summed E-state index contributed by atoms with van der Waals surface area (Å²) in [6.45, 7) is 0.694. The summed E-state index contributed by atoms with van der Waals surface area (Å²) in [7, 11) is 0. The third kappa shape index (κ3) is 5.58. The van der Waals surface area contributed by atoms with Crippen LogP contribution in [0.15, 0.2) is 60.7 Å². The van der Waals surface area contributed by atoms with Crippen LogP contribution in [0.2, 0.25) is 0 Å². The molecule has 2 N–H and O–H groups in total. The van der Waals surface area contributed by atoms with E-state index in [0.29, 0.717) is 13.2 Å². The first kappa shape index (κ1) is 16.6. The van der Waals surface area contributed by atoms with Crippen LogP contribution in [0.1, 0.15) is 11.1 Å². The van der Waals surface area contributed by atoms with Crippen LogP contribution in [0.4, 0.5) is 0 Å².